The van der Waals surface area contributed by atoms with Crippen molar-refractivity contribution < 1.29 is 32.6 Å². The number of carbonyl (C=O) groups excluding carboxylic acids is 1. The average Bonchev–Trinajstić information content (AvgIpc) is 3.35. The Morgan fingerprint density at radius 2 is 1.73 bits per heavy atom. The third-order valence-corrected chi connectivity index (χ3v) is 5.14. The molecule has 142 valence electrons. The highest BCUT2D eigenvalue weighted by Gasteiger charge is 2.51. The number of piperidine rings is 1. The Kier molecular flexibility index (Phi) is 4.86. The quantitative estimate of drug-likeness (QED) is 0.863. The SMILES string of the molecule is O=C(O)C1CCN(C(=O)C2(Cc3ccc(OC(F)(F)F)cc3)CC2)CC1. The van der Waals surface area contributed by atoms with Crippen LogP contribution in [0.5, 0.6) is 5.75 Å². The number of aliphatic carboxylic acids is 1. The zero-order valence-electron chi connectivity index (χ0n) is 14.1. The molecule has 1 aromatic rings. The fourth-order valence-corrected chi connectivity index (χ4v) is 3.48. The summed E-state index contributed by atoms with van der Waals surface area (Å²) in [4.78, 5) is 25.6. The minimum absolute atomic E-state index is 0.0250. The van der Waals surface area contributed by atoms with Gasteiger partial charge in [-0.05, 0) is 49.8 Å². The Morgan fingerprint density at radius 1 is 1.15 bits per heavy atom. The zero-order chi connectivity index (χ0) is 18.9. The summed E-state index contributed by atoms with van der Waals surface area (Å²) in [6.45, 7) is 0.881. The first-order chi connectivity index (χ1) is 12.2. The second-order valence-electron chi connectivity index (χ2n) is 7.05. The van der Waals surface area contributed by atoms with E-state index in [9.17, 15) is 22.8 Å². The van der Waals surface area contributed by atoms with Gasteiger partial charge < -0.3 is 14.7 Å². The first-order valence-electron chi connectivity index (χ1n) is 8.55. The molecule has 8 heteroatoms. The van der Waals surface area contributed by atoms with Crippen molar-refractivity contribution in [2.75, 3.05) is 13.1 Å². The number of alkyl halides is 3. The Hall–Kier alpha value is -2.25. The molecular formula is C18H20F3NO4. The highest BCUT2D eigenvalue weighted by Crippen LogP contribution is 2.50. The van der Waals surface area contributed by atoms with Crippen molar-refractivity contribution in [2.45, 2.75) is 38.5 Å². The third-order valence-electron chi connectivity index (χ3n) is 5.14. The van der Waals surface area contributed by atoms with E-state index in [1.807, 2.05) is 0 Å². The molecule has 2 aliphatic rings. The zero-order valence-corrected chi connectivity index (χ0v) is 14.1. The van der Waals surface area contributed by atoms with Crippen molar-refractivity contribution in [3.05, 3.63) is 29.8 Å². The van der Waals surface area contributed by atoms with Crippen LogP contribution in [-0.4, -0.2) is 41.3 Å². The van der Waals surface area contributed by atoms with E-state index in [2.05, 4.69) is 4.74 Å². The monoisotopic (exact) mass is 371 g/mol. The molecule has 2 fully saturated rings. The molecule has 1 saturated heterocycles. The lowest BCUT2D eigenvalue weighted by atomic mass is 9.92. The van der Waals surface area contributed by atoms with Gasteiger partial charge in [-0.1, -0.05) is 12.1 Å². The second-order valence-corrected chi connectivity index (χ2v) is 7.05. The Balaban J connectivity index is 1.59. The number of amides is 1. The predicted molar refractivity (Wildman–Crippen MR) is 85.4 cm³/mol. The standard InChI is InChI=1S/C18H20F3NO4/c19-18(20,21)26-14-3-1-12(2-4-14)11-17(7-8-17)16(25)22-9-5-13(6-10-22)15(23)24/h1-4,13H,5-11H2,(H,23,24). The minimum Gasteiger partial charge on any atom is -0.481 e. The Bertz CT molecular complexity index is 675. The van der Waals surface area contributed by atoms with E-state index in [1.165, 1.54) is 12.1 Å². The van der Waals surface area contributed by atoms with Crippen LogP contribution < -0.4 is 4.74 Å². The molecule has 1 amide bonds. The van der Waals surface area contributed by atoms with Gasteiger partial charge in [0, 0.05) is 13.1 Å². The highest BCUT2D eigenvalue weighted by atomic mass is 19.4. The van der Waals surface area contributed by atoms with Crippen LogP contribution in [0.2, 0.25) is 0 Å². The maximum atomic E-state index is 12.8. The first-order valence-corrected chi connectivity index (χ1v) is 8.55. The number of likely N-dealkylation sites (tertiary alicyclic amines) is 1. The van der Waals surface area contributed by atoms with E-state index in [0.29, 0.717) is 32.4 Å². The number of carboxylic acids is 1. The molecule has 1 N–H and O–H groups in total. The predicted octanol–water partition coefficient (Wildman–Crippen LogP) is 3.23. The van der Waals surface area contributed by atoms with E-state index < -0.39 is 23.7 Å². The smallest absolute Gasteiger partial charge is 0.481 e. The van der Waals surface area contributed by atoms with Crippen LogP contribution in [0.25, 0.3) is 0 Å². The molecule has 3 rings (SSSR count). The summed E-state index contributed by atoms with van der Waals surface area (Å²) >= 11 is 0. The Morgan fingerprint density at radius 3 is 2.19 bits per heavy atom. The van der Waals surface area contributed by atoms with Crippen LogP contribution in [0.15, 0.2) is 24.3 Å². The lowest BCUT2D eigenvalue weighted by Crippen LogP contribution is -2.44. The summed E-state index contributed by atoms with van der Waals surface area (Å²) < 4.78 is 40.5. The fourth-order valence-electron chi connectivity index (χ4n) is 3.48. The molecule has 5 nitrogen and oxygen atoms in total. The number of carboxylic acid groups (broad SMARTS) is 1. The lowest BCUT2D eigenvalue weighted by molar-refractivity contribution is -0.274. The van der Waals surface area contributed by atoms with E-state index in [1.54, 1.807) is 17.0 Å². The largest absolute Gasteiger partial charge is 0.573 e. The lowest BCUT2D eigenvalue weighted by Gasteiger charge is -2.33. The first kappa shape index (κ1) is 18.5. The summed E-state index contributed by atoms with van der Waals surface area (Å²) in [5.74, 6) is -1.47. The van der Waals surface area contributed by atoms with Crippen molar-refractivity contribution in [3.63, 3.8) is 0 Å². The molecule has 0 bridgehead atoms. The number of halogens is 3. The van der Waals surface area contributed by atoms with Gasteiger partial charge in [0.05, 0.1) is 11.3 Å². The minimum atomic E-state index is -4.72. The van der Waals surface area contributed by atoms with E-state index >= 15 is 0 Å². The number of hydrogen-bond donors (Lipinski definition) is 1. The molecule has 0 unspecified atom stereocenters. The number of benzene rings is 1. The number of rotatable bonds is 5. The van der Waals surface area contributed by atoms with Crippen LogP contribution in [0.1, 0.15) is 31.2 Å². The van der Waals surface area contributed by atoms with Gasteiger partial charge in [-0.15, -0.1) is 13.2 Å². The summed E-state index contributed by atoms with van der Waals surface area (Å²) in [5, 5.41) is 9.04. The normalized spacial score (nSPS) is 19.9. The maximum Gasteiger partial charge on any atom is 0.573 e. The summed E-state index contributed by atoms with van der Waals surface area (Å²) in [7, 11) is 0. The molecule has 1 saturated carbocycles. The third kappa shape index (κ3) is 4.28. The summed E-state index contributed by atoms with van der Waals surface area (Å²) in [6, 6.07) is 5.60. The van der Waals surface area contributed by atoms with Gasteiger partial charge in [0.25, 0.3) is 0 Å². The van der Waals surface area contributed by atoms with E-state index in [0.717, 1.165) is 18.4 Å². The number of nitrogens with zero attached hydrogens (tertiary/aromatic N) is 1. The van der Waals surface area contributed by atoms with Gasteiger partial charge in [-0.3, -0.25) is 9.59 Å². The van der Waals surface area contributed by atoms with Crippen molar-refractivity contribution in [1.29, 1.82) is 0 Å². The molecule has 0 radical (unpaired) electrons. The fraction of sp³-hybridized carbons (Fsp3) is 0.556. The van der Waals surface area contributed by atoms with Crippen LogP contribution in [0.3, 0.4) is 0 Å². The Labute approximate surface area is 148 Å². The number of hydrogen-bond acceptors (Lipinski definition) is 3. The van der Waals surface area contributed by atoms with Crippen molar-refractivity contribution in [2.24, 2.45) is 11.3 Å². The van der Waals surface area contributed by atoms with Gasteiger partial charge in [0.2, 0.25) is 5.91 Å². The van der Waals surface area contributed by atoms with Gasteiger partial charge >= 0.3 is 12.3 Å². The molecule has 0 aromatic heterocycles. The van der Waals surface area contributed by atoms with E-state index in [4.69, 9.17) is 5.11 Å². The van der Waals surface area contributed by atoms with Gasteiger partial charge in [-0.25, -0.2) is 0 Å². The van der Waals surface area contributed by atoms with Crippen molar-refractivity contribution in [1.82, 2.24) is 4.90 Å². The molecule has 26 heavy (non-hydrogen) atoms. The number of carbonyl (C=O) groups is 2. The summed E-state index contributed by atoms with van der Waals surface area (Å²) in [5.41, 5.74) is 0.286. The molecular weight excluding hydrogens is 351 g/mol. The van der Waals surface area contributed by atoms with Crippen LogP contribution in [-0.2, 0) is 16.0 Å². The second kappa shape index (κ2) is 6.81. The van der Waals surface area contributed by atoms with Crippen molar-refractivity contribution >= 4 is 11.9 Å². The maximum absolute atomic E-state index is 12.8. The van der Waals surface area contributed by atoms with Gasteiger partial charge in [0.1, 0.15) is 5.75 Å². The summed E-state index contributed by atoms with van der Waals surface area (Å²) in [6.07, 6.45) is -1.85. The molecule has 1 aliphatic heterocycles. The molecule has 1 aliphatic carbocycles. The van der Waals surface area contributed by atoms with Gasteiger partial charge in [-0.2, -0.15) is 0 Å². The average molecular weight is 371 g/mol. The molecule has 1 heterocycles. The molecule has 1 aromatic carbocycles. The molecule has 0 atom stereocenters. The van der Waals surface area contributed by atoms with E-state index in [-0.39, 0.29) is 11.7 Å². The van der Waals surface area contributed by atoms with Crippen LogP contribution >= 0.6 is 0 Å². The molecule has 0 spiro atoms. The number of ether oxygens (including phenoxy) is 1. The van der Waals surface area contributed by atoms with Crippen LogP contribution in [0, 0.1) is 11.3 Å². The van der Waals surface area contributed by atoms with Gasteiger partial charge in [0.15, 0.2) is 0 Å². The van der Waals surface area contributed by atoms with Crippen LogP contribution in [0.4, 0.5) is 13.2 Å². The topological polar surface area (TPSA) is 66.8 Å². The highest BCUT2D eigenvalue weighted by molar-refractivity contribution is 5.86. The van der Waals surface area contributed by atoms with Crippen molar-refractivity contribution in [3.8, 4) is 5.75 Å².